The van der Waals surface area contributed by atoms with Crippen LogP contribution < -0.4 is 5.32 Å². The number of para-hydroxylation sites is 1. The first-order valence-electron chi connectivity index (χ1n) is 9.49. The summed E-state index contributed by atoms with van der Waals surface area (Å²) in [7, 11) is 0. The molecule has 1 aromatic carbocycles. The van der Waals surface area contributed by atoms with E-state index in [1.54, 1.807) is 0 Å². The Morgan fingerprint density at radius 2 is 1.58 bits per heavy atom. The van der Waals surface area contributed by atoms with Crippen LogP contribution in [-0.2, 0) is 27.2 Å². The van der Waals surface area contributed by atoms with Crippen LogP contribution in [0.1, 0.15) is 31.4 Å². The summed E-state index contributed by atoms with van der Waals surface area (Å²) in [5.74, 6) is -0.816. The zero-order chi connectivity index (χ0) is 18.4. The molecule has 5 heteroatoms. The quantitative estimate of drug-likeness (QED) is 0.654. The van der Waals surface area contributed by atoms with Gasteiger partial charge in [-0.15, -0.1) is 0 Å². The Morgan fingerprint density at radius 3 is 2.08 bits per heavy atom. The Kier molecular flexibility index (Phi) is 4.17. The summed E-state index contributed by atoms with van der Waals surface area (Å²) >= 11 is 0. The number of carbonyl (C=O) groups excluding carboxylic acids is 3. The molecule has 0 aromatic heterocycles. The van der Waals surface area contributed by atoms with Gasteiger partial charge in [-0.3, -0.25) is 19.3 Å². The van der Waals surface area contributed by atoms with Crippen molar-refractivity contribution in [2.24, 2.45) is 23.7 Å². The molecule has 0 unspecified atom stereocenters. The van der Waals surface area contributed by atoms with Crippen molar-refractivity contribution in [2.45, 2.75) is 33.1 Å². The number of imide groups is 1. The highest BCUT2D eigenvalue weighted by Crippen LogP contribution is 2.52. The summed E-state index contributed by atoms with van der Waals surface area (Å²) in [6.45, 7) is 3.90. The largest absolute Gasteiger partial charge is 0.324 e. The maximum atomic E-state index is 12.7. The van der Waals surface area contributed by atoms with Crippen molar-refractivity contribution >= 4 is 23.4 Å². The molecule has 1 N–H and O–H groups in total. The fourth-order valence-electron chi connectivity index (χ4n) is 4.85. The Balaban J connectivity index is 1.50. The SMILES string of the molecule is CCc1cccc(CC)c1NC(=O)CN1C(=O)[C@@H]2[C@H](C1=O)[C@@H]1C=C[C@H]2C1. The van der Waals surface area contributed by atoms with E-state index in [2.05, 4.69) is 17.5 Å². The van der Waals surface area contributed by atoms with Crippen LogP contribution in [0.2, 0.25) is 0 Å². The van der Waals surface area contributed by atoms with Gasteiger partial charge in [0.15, 0.2) is 0 Å². The van der Waals surface area contributed by atoms with Crippen LogP contribution in [0.5, 0.6) is 0 Å². The number of hydrogen-bond acceptors (Lipinski definition) is 3. The molecule has 1 aromatic rings. The second-order valence-electron chi connectivity index (χ2n) is 7.47. The molecule has 136 valence electrons. The Bertz CT molecular complexity index is 761. The summed E-state index contributed by atoms with van der Waals surface area (Å²) in [6.07, 6.45) is 6.64. The van der Waals surface area contributed by atoms with E-state index in [1.165, 1.54) is 4.90 Å². The lowest BCUT2D eigenvalue weighted by Gasteiger charge is -2.19. The highest BCUT2D eigenvalue weighted by atomic mass is 16.2. The van der Waals surface area contributed by atoms with E-state index in [0.29, 0.717) is 0 Å². The van der Waals surface area contributed by atoms with Crippen molar-refractivity contribution in [1.29, 1.82) is 0 Å². The fourth-order valence-corrected chi connectivity index (χ4v) is 4.85. The van der Waals surface area contributed by atoms with Crippen molar-refractivity contribution in [1.82, 2.24) is 4.90 Å². The number of amides is 3. The lowest BCUT2D eigenvalue weighted by molar-refractivity contribution is -0.143. The van der Waals surface area contributed by atoms with E-state index in [0.717, 1.165) is 36.1 Å². The normalized spacial score (nSPS) is 28.8. The van der Waals surface area contributed by atoms with Gasteiger partial charge in [-0.05, 0) is 42.2 Å². The van der Waals surface area contributed by atoms with Crippen molar-refractivity contribution in [3.63, 3.8) is 0 Å². The molecule has 0 spiro atoms. The topological polar surface area (TPSA) is 66.5 Å². The molecule has 1 aliphatic heterocycles. The van der Waals surface area contributed by atoms with Crippen LogP contribution in [0.15, 0.2) is 30.4 Å². The smallest absolute Gasteiger partial charge is 0.244 e. The minimum absolute atomic E-state index is 0.169. The number of nitrogens with zero attached hydrogens (tertiary/aromatic N) is 1. The molecule has 26 heavy (non-hydrogen) atoms. The van der Waals surface area contributed by atoms with Gasteiger partial charge >= 0.3 is 0 Å². The third-order valence-electron chi connectivity index (χ3n) is 6.13. The zero-order valence-electron chi connectivity index (χ0n) is 15.2. The van der Waals surface area contributed by atoms with Crippen molar-refractivity contribution in [2.75, 3.05) is 11.9 Å². The van der Waals surface area contributed by atoms with Crippen LogP contribution in [0.4, 0.5) is 5.69 Å². The van der Waals surface area contributed by atoms with Gasteiger partial charge in [-0.1, -0.05) is 44.2 Å². The molecule has 4 atom stereocenters. The minimum atomic E-state index is -0.303. The van der Waals surface area contributed by atoms with Crippen molar-refractivity contribution in [3.8, 4) is 0 Å². The highest BCUT2D eigenvalue weighted by molar-refractivity contribution is 6.09. The van der Waals surface area contributed by atoms with Crippen LogP contribution in [0, 0.1) is 23.7 Å². The summed E-state index contributed by atoms with van der Waals surface area (Å²) in [6, 6.07) is 5.98. The van der Waals surface area contributed by atoms with Gasteiger partial charge in [0, 0.05) is 5.69 Å². The summed E-state index contributed by atoms with van der Waals surface area (Å²) in [5.41, 5.74) is 2.95. The molecular weight excluding hydrogens is 328 g/mol. The van der Waals surface area contributed by atoms with Gasteiger partial charge in [0.25, 0.3) is 0 Å². The van der Waals surface area contributed by atoms with Gasteiger partial charge in [0.05, 0.1) is 11.8 Å². The van der Waals surface area contributed by atoms with Crippen LogP contribution in [-0.4, -0.2) is 29.2 Å². The zero-order valence-corrected chi connectivity index (χ0v) is 15.2. The first-order valence-corrected chi connectivity index (χ1v) is 9.49. The van der Waals surface area contributed by atoms with Gasteiger partial charge in [0.2, 0.25) is 17.7 Å². The molecule has 2 fully saturated rings. The summed E-state index contributed by atoms with van der Waals surface area (Å²) in [4.78, 5) is 39.2. The number of anilines is 1. The minimum Gasteiger partial charge on any atom is -0.324 e. The molecule has 4 rings (SSSR count). The predicted molar refractivity (Wildman–Crippen MR) is 98.3 cm³/mol. The van der Waals surface area contributed by atoms with E-state index < -0.39 is 0 Å². The van der Waals surface area contributed by atoms with Crippen LogP contribution in [0.25, 0.3) is 0 Å². The number of hydrogen-bond donors (Lipinski definition) is 1. The summed E-state index contributed by atoms with van der Waals surface area (Å²) < 4.78 is 0. The second-order valence-corrected chi connectivity index (χ2v) is 7.47. The number of carbonyl (C=O) groups is 3. The number of rotatable bonds is 5. The molecular formula is C21H24N2O3. The van der Waals surface area contributed by atoms with Crippen molar-refractivity contribution < 1.29 is 14.4 Å². The number of nitrogens with one attached hydrogen (secondary N) is 1. The number of likely N-dealkylation sites (tertiary alicyclic amines) is 1. The van der Waals surface area contributed by atoms with Crippen LogP contribution in [0.3, 0.4) is 0 Å². The van der Waals surface area contributed by atoms with Crippen molar-refractivity contribution in [3.05, 3.63) is 41.5 Å². The van der Waals surface area contributed by atoms with Gasteiger partial charge in [-0.2, -0.15) is 0 Å². The predicted octanol–water partition coefficient (Wildman–Crippen LogP) is 2.56. The van der Waals surface area contributed by atoms with Gasteiger partial charge < -0.3 is 5.32 Å². The number of fused-ring (bicyclic) bond motifs is 5. The van der Waals surface area contributed by atoms with Gasteiger partial charge in [-0.25, -0.2) is 0 Å². The monoisotopic (exact) mass is 352 g/mol. The van der Waals surface area contributed by atoms with E-state index in [9.17, 15) is 14.4 Å². The Morgan fingerprint density at radius 1 is 1.04 bits per heavy atom. The molecule has 1 heterocycles. The third-order valence-corrected chi connectivity index (χ3v) is 6.13. The molecule has 0 radical (unpaired) electrons. The maximum Gasteiger partial charge on any atom is 0.244 e. The molecule has 5 nitrogen and oxygen atoms in total. The lowest BCUT2D eigenvalue weighted by atomic mass is 9.85. The third kappa shape index (κ3) is 2.49. The molecule has 3 aliphatic rings. The molecule has 2 aliphatic carbocycles. The maximum absolute atomic E-state index is 12.7. The lowest BCUT2D eigenvalue weighted by Crippen LogP contribution is -2.39. The first kappa shape index (κ1) is 17.0. The van der Waals surface area contributed by atoms with E-state index >= 15 is 0 Å². The van der Waals surface area contributed by atoms with E-state index in [1.807, 2.05) is 32.0 Å². The Hall–Kier alpha value is -2.43. The first-order chi connectivity index (χ1) is 12.5. The summed E-state index contributed by atoms with van der Waals surface area (Å²) in [5, 5.41) is 2.95. The standard InChI is InChI=1S/C21H24N2O3/c1-3-12-6-5-7-13(4-2)19(12)22-16(24)11-23-20(25)17-14-8-9-15(10-14)18(17)21(23)26/h5-9,14-15,17-18H,3-4,10-11H2,1-2H3,(H,22,24)/t14-,15+,17-,18+. The fraction of sp³-hybridized carbons (Fsp3) is 0.476. The number of allylic oxidation sites excluding steroid dienone is 2. The molecule has 3 amide bonds. The molecule has 2 bridgehead atoms. The van der Waals surface area contributed by atoms with E-state index in [-0.39, 0.29) is 47.9 Å². The van der Waals surface area contributed by atoms with Crippen LogP contribution >= 0.6 is 0 Å². The number of benzene rings is 1. The highest BCUT2D eigenvalue weighted by Gasteiger charge is 2.59. The molecule has 1 saturated carbocycles. The van der Waals surface area contributed by atoms with E-state index in [4.69, 9.17) is 0 Å². The van der Waals surface area contributed by atoms with Gasteiger partial charge in [0.1, 0.15) is 6.54 Å². The average molecular weight is 352 g/mol. The second kappa shape index (κ2) is 6.38. The number of aryl methyl sites for hydroxylation is 2. The average Bonchev–Trinajstić information content (AvgIpc) is 3.32. The Labute approximate surface area is 153 Å². The molecule has 1 saturated heterocycles.